The molecular weight excluding hydrogens is 561 g/mol. The van der Waals surface area contributed by atoms with Gasteiger partial charge in [-0.25, -0.2) is 14.2 Å². The summed E-state index contributed by atoms with van der Waals surface area (Å²) in [5, 5.41) is 11.9. The molecule has 8 nitrogen and oxygen atoms in total. The SMILES string of the molecule is C[Si](C)(C)CCOCn1c(-c2ccc(NC(=O)O)cc2)cnc1C1CC(F)c2cc(-c3cc(Cl)ccc3N)cnc21. The largest absolute Gasteiger partial charge is 0.465 e. The van der Waals surface area contributed by atoms with Gasteiger partial charge in [-0.1, -0.05) is 43.4 Å². The molecule has 2 aromatic heterocycles. The van der Waals surface area contributed by atoms with Gasteiger partial charge in [0.25, 0.3) is 0 Å². The van der Waals surface area contributed by atoms with Gasteiger partial charge in [0.2, 0.25) is 0 Å². The van der Waals surface area contributed by atoms with Crippen molar-refractivity contribution in [2.24, 2.45) is 0 Å². The van der Waals surface area contributed by atoms with Crippen molar-refractivity contribution >= 4 is 37.1 Å². The van der Waals surface area contributed by atoms with Gasteiger partial charge in [-0.2, -0.15) is 0 Å². The van der Waals surface area contributed by atoms with Crippen LogP contribution in [0.15, 0.2) is 60.9 Å². The Balaban J connectivity index is 1.50. The Morgan fingerprint density at radius 2 is 1.90 bits per heavy atom. The topological polar surface area (TPSA) is 115 Å². The predicted octanol–water partition coefficient (Wildman–Crippen LogP) is 7.80. The van der Waals surface area contributed by atoms with E-state index in [9.17, 15) is 4.79 Å². The van der Waals surface area contributed by atoms with Crippen molar-refractivity contribution in [3.05, 3.63) is 83.0 Å². The van der Waals surface area contributed by atoms with Crippen LogP contribution in [0.25, 0.3) is 22.4 Å². The molecule has 4 N–H and O–H groups in total. The molecule has 214 valence electrons. The molecule has 2 atom stereocenters. The maximum atomic E-state index is 15.6. The van der Waals surface area contributed by atoms with Crippen molar-refractivity contribution in [2.45, 2.75) is 50.9 Å². The highest BCUT2D eigenvalue weighted by Crippen LogP contribution is 2.46. The zero-order valence-electron chi connectivity index (χ0n) is 23.2. The van der Waals surface area contributed by atoms with Gasteiger partial charge in [-0.3, -0.25) is 10.3 Å². The number of imidazole rings is 1. The molecule has 11 heteroatoms. The first-order valence-electron chi connectivity index (χ1n) is 13.4. The number of hydrogen-bond donors (Lipinski definition) is 3. The zero-order valence-corrected chi connectivity index (χ0v) is 25.0. The summed E-state index contributed by atoms with van der Waals surface area (Å²) in [5.41, 5.74) is 11.4. The summed E-state index contributed by atoms with van der Waals surface area (Å²) in [6.07, 6.45) is 1.33. The van der Waals surface area contributed by atoms with Crippen molar-refractivity contribution in [2.75, 3.05) is 17.7 Å². The third-order valence-electron chi connectivity index (χ3n) is 7.23. The van der Waals surface area contributed by atoms with Crippen LogP contribution in [0.2, 0.25) is 30.7 Å². The fraction of sp³-hybridized carbons (Fsp3) is 0.300. The lowest BCUT2D eigenvalue weighted by Crippen LogP contribution is -2.22. The van der Waals surface area contributed by atoms with Crippen LogP contribution in [-0.2, 0) is 11.5 Å². The Morgan fingerprint density at radius 3 is 2.61 bits per heavy atom. The quantitative estimate of drug-likeness (QED) is 0.104. The van der Waals surface area contributed by atoms with Gasteiger partial charge < -0.3 is 20.1 Å². The number of rotatable bonds is 9. The van der Waals surface area contributed by atoms with E-state index in [1.165, 1.54) is 0 Å². The standard InChI is InChI=1S/C30H33ClFN5O3Si/c1-41(2,3)11-10-40-17-37-27(18-4-7-21(8-5-18)36-30(38)39)16-35-29(37)24-14-25(32)23-12-19(15-34-28(23)24)22-13-20(31)6-9-26(22)33/h4-9,12-13,15-16,24-25,36H,10-11,14,17,33H2,1-3H3,(H,38,39). The minimum atomic E-state index is -1.30. The van der Waals surface area contributed by atoms with Crippen molar-refractivity contribution in [1.29, 1.82) is 0 Å². The van der Waals surface area contributed by atoms with E-state index in [4.69, 9.17) is 37.1 Å². The maximum Gasteiger partial charge on any atom is 0.409 e. The number of alkyl halides is 1. The Labute approximate surface area is 244 Å². The van der Waals surface area contributed by atoms with Crippen LogP contribution in [0.3, 0.4) is 0 Å². The second-order valence-corrected chi connectivity index (χ2v) is 17.5. The highest BCUT2D eigenvalue weighted by Gasteiger charge is 2.37. The molecule has 0 saturated heterocycles. The van der Waals surface area contributed by atoms with Crippen LogP contribution in [0.5, 0.6) is 0 Å². The van der Waals surface area contributed by atoms with E-state index in [0.717, 1.165) is 17.3 Å². The number of pyridine rings is 1. The lowest BCUT2D eigenvalue weighted by Gasteiger charge is -2.19. The molecule has 1 aliphatic rings. The second-order valence-electron chi connectivity index (χ2n) is 11.5. The fourth-order valence-corrected chi connectivity index (χ4v) is 5.98. The summed E-state index contributed by atoms with van der Waals surface area (Å²) in [6.45, 7) is 7.76. The fourth-order valence-electron chi connectivity index (χ4n) is 5.05. The lowest BCUT2D eigenvalue weighted by atomic mass is 10.0. The Morgan fingerprint density at radius 1 is 1.15 bits per heavy atom. The molecule has 0 fully saturated rings. The van der Waals surface area contributed by atoms with Gasteiger partial charge in [0.1, 0.15) is 18.7 Å². The Bertz CT molecular complexity index is 1570. The van der Waals surface area contributed by atoms with Crippen molar-refractivity contribution in [3.63, 3.8) is 0 Å². The van der Waals surface area contributed by atoms with Crippen molar-refractivity contribution in [1.82, 2.24) is 14.5 Å². The number of halogens is 2. The van der Waals surface area contributed by atoms with E-state index >= 15 is 4.39 Å². The van der Waals surface area contributed by atoms with E-state index in [2.05, 4.69) is 25.0 Å². The summed E-state index contributed by atoms with van der Waals surface area (Å²) < 4.78 is 23.7. The number of carbonyl (C=O) groups is 1. The summed E-state index contributed by atoms with van der Waals surface area (Å²) in [6, 6.07) is 15.1. The molecule has 4 aromatic rings. The molecular formula is C30H33ClFN5O3Si. The van der Waals surface area contributed by atoms with E-state index in [1.807, 2.05) is 22.8 Å². The maximum absolute atomic E-state index is 15.6. The summed E-state index contributed by atoms with van der Waals surface area (Å²) in [5.74, 6) is 0.303. The van der Waals surface area contributed by atoms with E-state index in [0.29, 0.717) is 51.2 Å². The molecule has 0 spiro atoms. The first kappa shape index (κ1) is 28.8. The molecule has 0 radical (unpaired) electrons. The summed E-state index contributed by atoms with van der Waals surface area (Å²) >= 11 is 6.19. The molecule has 0 aliphatic heterocycles. The first-order valence-corrected chi connectivity index (χ1v) is 17.5. The van der Waals surface area contributed by atoms with Crippen LogP contribution in [0, 0.1) is 0 Å². The minimum Gasteiger partial charge on any atom is -0.465 e. The van der Waals surface area contributed by atoms with E-state index in [-0.39, 0.29) is 19.1 Å². The van der Waals surface area contributed by atoms with Crippen LogP contribution in [0.1, 0.15) is 35.6 Å². The summed E-state index contributed by atoms with van der Waals surface area (Å²) in [4.78, 5) is 20.5. The number of aromatic nitrogens is 3. The Kier molecular flexibility index (Phi) is 8.17. The number of hydrogen-bond acceptors (Lipinski definition) is 5. The summed E-state index contributed by atoms with van der Waals surface area (Å²) in [7, 11) is -1.30. The van der Waals surface area contributed by atoms with Crippen LogP contribution >= 0.6 is 11.6 Å². The predicted molar refractivity (Wildman–Crippen MR) is 163 cm³/mol. The van der Waals surface area contributed by atoms with E-state index < -0.39 is 20.3 Å². The molecule has 2 heterocycles. The minimum absolute atomic E-state index is 0.212. The number of nitrogen functional groups attached to an aromatic ring is 1. The number of carboxylic acid groups (broad SMARTS) is 1. The Hall–Kier alpha value is -3.73. The van der Waals surface area contributed by atoms with Crippen LogP contribution < -0.4 is 11.1 Å². The third-order valence-corrected chi connectivity index (χ3v) is 9.17. The number of benzene rings is 2. The number of nitrogens with two attached hydrogens (primary N) is 1. The number of nitrogens with one attached hydrogen (secondary N) is 1. The average Bonchev–Trinajstić information content (AvgIpc) is 3.48. The van der Waals surface area contributed by atoms with Gasteiger partial charge in [0, 0.05) is 54.0 Å². The number of nitrogens with zero attached hydrogens (tertiary/aromatic N) is 3. The highest BCUT2D eigenvalue weighted by atomic mass is 35.5. The lowest BCUT2D eigenvalue weighted by molar-refractivity contribution is 0.0855. The first-order chi connectivity index (χ1) is 19.5. The van der Waals surface area contributed by atoms with Gasteiger partial charge in [-0.15, -0.1) is 0 Å². The molecule has 1 aliphatic carbocycles. The average molecular weight is 594 g/mol. The van der Waals surface area contributed by atoms with Gasteiger partial charge >= 0.3 is 6.09 Å². The molecule has 2 aromatic carbocycles. The van der Waals surface area contributed by atoms with Gasteiger partial charge in [0.05, 0.1) is 23.5 Å². The third kappa shape index (κ3) is 6.45. The monoisotopic (exact) mass is 593 g/mol. The molecule has 2 unspecified atom stereocenters. The molecule has 1 amide bonds. The van der Waals surface area contributed by atoms with Gasteiger partial charge in [0.15, 0.2) is 0 Å². The smallest absolute Gasteiger partial charge is 0.409 e. The van der Waals surface area contributed by atoms with Crippen molar-refractivity contribution < 1.29 is 19.0 Å². The van der Waals surface area contributed by atoms with Crippen molar-refractivity contribution in [3.8, 4) is 22.4 Å². The molecule has 0 saturated carbocycles. The van der Waals surface area contributed by atoms with Crippen LogP contribution in [0.4, 0.5) is 20.6 Å². The molecule has 5 rings (SSSR count). The second kappa shape index (κ2) is 11.6. The number of amides is 1. The van der Waals surface area contributed by atoms with Gasteiger partial charge in [-0.05, 0) is 54.4 Å². The molecule has 41 heavy (non-hydrogen) atoms. The number of fused-ring (bicyclic) bond motifs is 1. The normalized spacial score (nSPS) is 16.5. The molecule has 0 bridgehead atoms. The number of anilines is 2. The number of ether oxygens (including phenoxy) is 1. The van der Waals surface area contributed by atoms with E-state index in [1.54, 1.807) is 42.7 Å². The highest BCUT2D eigenvalue weighted by molar-refractivity contribution is 6.76. The zero-order chi connectivity index (χ0) is 29.3. The van der Waals surface area contributed by atoms with Crippen LogP contribution in [-0.4, -0.2) is 40.4 Å².